The highest BCUT2D eigenvalue weighted by atomic mass is 19.4. The van der Waals surface area contributed by atoms with Crippen molar-refractivity contribution in [3.8, 4) is 5.75 Å². The van der Waals surface area contributed by atoms with E-state index in [2.05, 4.69) is 10.1 Å². The molecule has 1 aliphatic rings. The molecule has 1 heterocycles. The summed E-state index contributed by atoms with van der Waals surface area (Å²) in [6.07, 6.45) is -4.01. The third kappa shape index (κ3) is 5.97. The van der Waals surface area contributed by atoms with E-state index in [1.165, 1.54) is 18.2 Å². The molecule has 8 heteroatoms. The highest BCUT2D eigenvalue weighted by Gasteiger charge is 2.34. The van der Waals surface area contributed by atoms with Crippen molar-refractivity contribution in [2.24, 2.45) is 5.92 Å². The van der Waals surface area contributed by atoms with E-state index in [1.54, 1.807) is 11.0 Å². The summed E-state index contributed by atoms with van der Waals surface area (Å²) in [7, 11) is 0. The second-order valence-corrected chi connectivity index (χ2v) is 6.85. The number of alkyl halides is 3. The lowest BCUT2D eigenvalue weighted by Crippen LogP contribution is -2.33. The van der Waals surface area contributed by atoms with Gasteiger partial charge in [-0.05, 0) is 18.1 Å². The first-order valence-corrected chi connectivity index (χ1v) is 9.25. The molecule has 0 bridgehead atoms. The summed E-state index contributed by atoms with van der Waals surface area (Å²) in [6.45, 7) is 0.715. The number of amides is 2. The summed E-state index contributed by atoms with van der Waals surface area (Å²) in [5.74, 6) is -1.33. The molecule has 0 aliphatic carbocycles. The lowest BCUT2D eigenvalue weighted by Gasteiger charge is -2.17. The van der Waals surface area contributed by atoms with Crippen molar-refractivity contribution in [2.45, 2.75) is 25.7 Å². The van der Waals surface area contributed by atoms with Crippen LogP contribution < -0.4 is 10.1 Å². The number of carbonyl (C=O) groups is 2. The Kier molecular flexibility index (Phi) is 6.41. The van der Waals surface area contributed by atoms with Crippen LogP contribution in [0.1, 0.15) is 17.5 Å². The van der Waals surface area contributed by atoms with Crippen molar-refractivity contribution >= 4 is 11.8 Å². The van der Waals surface area contributed by atoms with Gasteiger partial charge in [0.2, 0.25) is 11.8 Å². The molecule has 1 saturated heterocycles. The first-order valence-electron chi connectivity index (χ1n) is 9.25. The largest absolute Gasteiger partial charge is 0.573 e. The third-order valence-electron chi connectivity index (χ3n) is 4.75. The summed E-state index contributed by atoms with van der Waals surface area (Å²) in [5, 5.41) is 2.62. The minimum atomic E-state index is -4.81. The van der Waals surface area contributed by atoms with Gasteiger partial charge in [-0.15, -0.1) is 13.2 Å². The Labute approximate surface area is 166 Å². The Morgan fingerprint density at radius 2 is 1.79 bits per heavy atom. The number of hydrogen-bond donors (Lipinski definition) is 1. The van der Waals surface area contributed by atoms with Crippen LogP contribution in [0.15, 0.2) is 54.6 Å². The molecule has 2 amide bonds. The van der Waals surface area contributed by atoms with Crippen LogP contribution in [0.2, 0.25) is 0 Å². The molecule has 0 radical (unpaired) electrons. The molecule has 0 spiro atoms. The van der Waals surface area contributed by atoms with E-state index in [4.69, 9.17) is 0 Å². The summed E-state index contributed by atoms with van der Waals surface area (Å²) in [6, 6.07) is 15.4. The molecule has 2 aromatic rings. The second kappa shape index (κ2) is 8.98. The molecule has 1 aliphatic heterocycles. The first-order chi connectivity index (χ1) is 13.8. The van der Waals surface area contributed by atoms with E-state index >= 15 is 0 Å². The van der Waals surface area contributed by atoms with Crippen LogP contribution in [0, 0.1) is 5.92 Å². The average Bonchev–Trinajstić information content (AvgIpc) is 3.06. The maximum Gasteiger partial charge on any atom is 0.573 e. The normalized spacial score (nSPS) is 16.7. The van der Waals surface area contributed by atoms with Gasteiger partial charge < -0.3 is 15.0 Å². The molecular weight excluding hydrogens is 385 g/mol. The zero-order valence-corrected chi connectivity index (χ0v) is 15.6. The lowest BCUT2D eigenvalue weighted by molar-refractivity contribution is -0.274. The molecule has 1 fully saturated rings. The van der Waals surface area contributed by atoms with Crippen molar-refractivity contribution in [1.82, 2.24) is 10.2 Å². The Hall–Kier alpha value is -3.03. The number of benzene rings is 2. The van der Waals surface area contributed by atoms with Crippen molar-refractivity contribution in [2.75, 3.05) is 13.1 Å². The molecule has 5 nitrogen and oxygen atoms in total. The summed E-state index contributed by atoms with van der Waals surface area (Å²) < 4.78 is 41.5. The quantitative estimate of drug-likeness (QED) is 0.768. The van der Waals surface area contributed by atoms with E-state index in [1.807, 2.05) is 30.3 Å². The summed E-state index contributed by atoms with van der Waals surface area (Å²) in [4.78, 5) is 26.3. The Balaban J connectivity index is 1.52. The second-order valence-electron chi connectivity index (χ2n) is 6.85. The number of rotatable bonds is 7. The van der Waals surface area contributed by atoms with Crippen LogP contribution in [0.25, 0.3) is 0 Å². The van der Waals surface area contributed by atoms with Gasteiger partial charge in [-0.3, -0.25) is 9.59 Å². The number of hydrogen-bond acceptors (Lipinski definition) is 3. The van der Waals surface area contributed by atoms with Gasteiger partial charge in [-0.2, -0.15) is 0 Å². The zero-order chi connectivity index (χ0) is 20.9. The minimum absolute atomic E-state index is 0.0955. The first kappa shape index (κ1) is 20.7. The number of ether oxygens (including phenoxy) is 1. The van der Waals surface area contributed by atoms with E-state index in [0.29, 0.717) is 19.5 Å². The monoisotopic (exact) mass is 406 g/mol. The van der Waals surface area contributed by atoms with Crippen LogP contribution in [0.5, 0.6) is 5.75 Å². The van der Waals surface area contributed by atoms with Crippen LogP contribution in [-0.4, -0.2) is 36.2 Å². The van der Waals surface area contributed by atoms with E-state index in [9.17, 15) is 22.8 Å². The minimum Gasteiger partial charge on any atom is -0.405 e. The van der Waals surface area contributed by atoms with Crippen molar-refractivity contribution in [1.29, 1.82) is 0 Å². The van der Waals surface area contributed by atoms with Crippen molar-refractivity contribution in [3.63, 3.8) is 0 Å². The Morgan fingerprint density at radius 3 is 2.52 bits per heavy atom. The SMILES string of the molecule is O=C(NCc1ccccc1OC(F)(F)F)[C@@H]1CC(=O)N(CCc2ccccc2)C1. The number of nitrogens with zero attached hydrogens (tertiary/aromatic N) is 1. The van der Waals surface area contributed by atoms with Crippen LogP contribution in [-0.2, 0) is 22.6 Å². The van der Waals surface area contributed by atoms with Gasteiger partial charge in [0, 0.05) is 31.6 Å². The van der Waals surface area contributed by atoms with Gasteiger partial charge in [0.05, 0.1) is 5.92 Å². The lowest BCUT2D eigenvalue weighted by atomic mass is 10.1. The van der Waals surface area contributed by atoms with Crippen molar-refractivity contribution in [3.05, 3.63) is 65.7 Å². The fourth-order valence-electron chi connectivity index (χ4n) is 3.27. The van der Waals surface area contributed by atoms with E-state index < -0.39 is 12.3 Å². The van der Waals surface area contributed by atoms with Crippen LogP contribution in [0.4, 0.5) is 13.2 Å². The van der Waals surface area contributed by atoms with Gasteiger partial charge in [0.25, 0.3) is 0 Å². The van der Waals surface area contributed by atoms with E-state index in [-0.39, 0.29) is 36.1 Å². The van der Waals surface area contributed by atoms with E-state index in [0.717, 1.165) is 5.56 Å². The Bertz CT molecular complexity index is 856. The fraction of sp³-hybridized carbons (Fsp3) is 0.333. The van der Waals surface area contributed by atoms with Gasteiger partial charge in [0.15, 0.2) is 0 Å². The number of halogens is 3. The number of para-hydroxylation sites is 1. The number of nitrogens with one attached hydrogen (secondary N) is 1. The van der Waals surface area contributed by atoms with Crippen molar-refractivity contribution < 1.29 is 27.5 Å². The van der Waals surface area contributed by atoms with Gasteiger partial charge in [-0.1, -0.05) is 48.5 Å². The molecule has 154 valence electrons. The smallest absolute Gasteiger partial charge is 0.405 e. The van der Waals surface area contributed by atoms with Crippen LogP contribution >= 0.6 is 0 Å². The average molecular weight is 406 g/mol. The zero-order valence-electron chi connectivity index (χ0n) is 15.6. The standard InChI is InChI=1S/C21H21F3N2O3/c22-21(23,24)29-18-9-5-4-8-16(18)13-25-20(28)17-12-19(27)26(14-17)11-10-15-6-2-1-3-7-15/h1-9,17H,10-14H2,(H,25,28)/t17-/m1/s1. The molecular formula is C21H21F3N2O3. The third-order valence-corrected chi connectivity index (χ3v) is 4.75. The van der Waals surface area contributed by atoms with Gasteiger partial charge in [-0.25, -0.2) is 0 Å². The molecule has 29 heavy (non-hydrogen) atoms. The number of carbonyl (C=O) groups excluding carboxylic acids is 2. The molecule has 1 N–H and O–H groups in total. The van der Waals surface area contributed by atoms with Crippen LogP contribution in [0.3, 0.4) is 0 Å². The highest BCUT2D eigenvalue weighted by Crippen LogP contribution is 2.26. The predicted octanol–water partition coefficient (Wildman–Crippen LogP) is 3.29. The molecule has 0 saturated carbocycles. The summed E-state index contributed by atoms with van der Waals surface area (Å²) >= 11 is 0. The fourth-order valence-corrected chi connectivity index (χ4v) is 3.27. The number of likely N-dealkylation sites (tertiary alicyclic amines) is 1. The maximum absolute atomic E-state index is 12.5. The Morgan fingerprint density at radius 1 is 1.10 bits per heavy atom. The van der Waals surface area contributed by atoms with Gasteiger partial charge in [0.1, 0.15) is 5.75 Å². The molecule has 0 aromatic heterocycles. The summed E-state index contributed by atoms with van der Waals surface area (Å²) in [5.41, 5.74) is 1.32. The highest BCUT2D eigenvalue weighted by molar-refractivity contribution is 5.89. The topological polar surface area (TPSA) is 58.6 Å². The molecule has 2 aromatic carbocycles. The van der Waals surface area contributed by atoms with Gasteiger partial charge >= 0.3 is 6.36 Å². The maximum atomic E-state index is 12.5. The molecule has 3 rings (SSSR count). The predicted molar refractivity (Wildman–Crippen MR) is 99.8 cm³/mol. The molecule has 0 unspecified atom stereocenters. The molecule has 1 atom stereocenters.